The highest BCUT2D eigenvalue weighted by molar-refractivity contribution is 6.04. The van der Waals surface area contributed by atoms with E-state index in [2.05, 4.69) is 15.6 Å². The minimum atomic E-state index is -0.831. The summed E-state index contributed by atoms with van der Waals surface area (Å²) in [5.41, 5.74) is 1.76. The minimum Gasteiger partial charge on any atom is -0.340 e. The second-order valence-corrected chi connectivity index (χ2v) is 5.62. The number of aryl methyl sites for hydroxylation is 1. The Morgan fingerprint density at radius 2 is 1.77 bits per heavy atom. The molecule has 132 valence electrons. The van der Waals surface area contributed by atoms with Crippen LogP contribution in [0, 0.1) is 11.6 Å². The zero-order valence-corrected chi connectivity index (χ0v) is 14.1. The van der Waals surface area contributed by atoms with E-state index >= 15 is 0 Å². The minimum absolute atomic E-state index is 0.235. The normalized spacial score (nSPS) is 10.4. The summed E-state index contributed by atoms with van der Waals surface area (Å²) in [5.74, 6) is -1.82. The number of para-hydroxylation sites is 2. The summed E-state index contributed by atoms with van der Waals surface area (Å²) < 4.78 is 27.4. The van der Waals surface area contributed by atoms with Crippen molar-refractivity contribution in [3.8, 4) is 0 Å². The van der Waals surface area contributed by atoms with Crippen LogP contribution in [-0.4, -0.2) is 10.9 Å². The van der Waals surface area contributed by atoms with E-state index < -0.39 is 23.2 Å². The molecule has 0 saturated heterocycles. The molecule has 2 aromatic carbocycles. The van der Waals surface area contributed by atoms with Gasteiger partial charge in [0.1, 0.15) is 23.1 Å². The molecule has 3 aromatic rings. The van der Waals surface area contributed by atoms with Crippen molar-refractivity contribution in [3.05, 3.63) is 83.6 Å². The molecule has 0 unspecified atom stereocenters. The zero-order valence-electron chi connectivity index (χ0n) is 14.1. The molecule has 4 nitrogen and oxygen atoms in total. The highest BCUT2D eigenvalue weighted by Gasteiger charge is 2.14. The monoisotopic (exact) mass is 353 g/mol. The first kappa shape index (κ1) is 17.5. The Labute approximate surface area is 149 Å². The molecule has 0 saturated carbocycles. The number of aromatic nitrogens is 1. The quantitative estimate of drug-likeness (QED) is 0.685. The van der Waals surface area contributed by atoms with Gasteiger partial charge in [0.15, 0.2) is 0 Å². The van der Waals surface area contributed by atoms with Crippen LogP contribution in [0.5, 0.6) is 0 Å². The molecule has 0 aliphatic heterocycles. The Morgan fingerprint density at radius 3 is 2.50 bits per heavy atom. The average Bonchev–Trinajstić information content (AvgIpc) is 2.65. The maximum absolute atomic E-state index is 13.7. The van der Waals surface area contributed by atoms with E-state index in [1.165, 1.54) is 24.4 Å². The average molecular weight is 353 g/mol. The van der Waals surface area contributed by atoms with Crippen LogP contribution in [0.3, 0.4) is 0 Å². The Kier molecular flexibility index (Phi) is 5.22. The summed E-state index contributed by atoms with van der Waals surface area (Å²) in [4.78, 5) is 16.5. The van der Waals surface area contributed by atoms with Crippen LogP contribution in [0.2, 0.25) is 0 Å². The topological polar surface area (TPSA) is 54.0 Å². The Balaban J connectivity index is 1.82. The van der Waals surface area contributed by atoms with Crippen molar-refractivity contribution in [2.24, 2.45) is 0 Å². The number of nitrogens with one attached hydrogen (secondary N) is 2. The molecule has 0 aliphatic rings. The van der Waals surface area contributed by atoms with Gasteiger partial charge in [0, 0.05) is 17.4 Å². The first-order valence-electron chi connectivity index (χ1n) is 8.15. The smallest absolute Gasteiger partial charge is 0.256 e. The van der Waals surface area contributed by atoms with Crippen molar-refractivity contribution in [1.82, 2.24) is 4.98 Å². The van der Waals surface area contributed by atoms with Gasteiger partial charge in [-0.1, -0.05) is 31.2 Å². The second-order valence-electron chi connectivity index (χ2n) is 5.62. The Hall–Kier alpha value is -3.28. The van der Waals surface area contributed by atoms with E-state index in [1.807, 2.05) is 31.2 Å². The summed E-state index contributed by atoms with van der Waals surface area (Å²) in [6, 6.07) is 14.2. The number of halogens is 2. The summed E-state index contributed by atoms with van der Waals surface area (Å²) in [6.07, 6.45) is 2.30. The fourth-order valence-electron chi connectivity index (χ4n) is 2.53. The molecule has 0 radical (unpaired) electrons. The number of pyridine rings is 1. The molecule has 2 N–H and O–H groups in total. The molecule has 0 atom stereocenters. The lowest BCUT2D eigenvalue weighted by atomic mass is 10.1. The maximum Gasteiger partial charge on any atom is 0.256 e. The summed E-state index contributed by atoms with van der Waals surface area (Å²) in [6.45, 7) is 2.04. The van der Waals surface area contributed by atoms with Gasteiger partial charge in [-0.25, -0.2) is 13.8 Å². The molecule has 0 aliphatic carbocycles. The first-order valence-corrected chi connectivity index (χ1v) is 8.15. The fourth-order valence-corrected chi connectivity index (χ4v) is 2.53. The molecule has 0 fully saturated rings. The number of nitrogens with zero attached hydrogens (tertiary/aromatic N) is 1. The van der Waals surface area contributed by atoms with E-state index in [1.54, 1.807) is 0 Å². The summed E-state index contributed by atoms with van der Waals surface area (Å²) in [7, 11) is 0. The van der Waals surface area contributed by atoms with Gasteiger partial charge in [-0.05, 0) is 42.3 Å². The maximum atomic E-state index is 13.7. The molecule has 0 bridgehead atoms. The standard InChI is InChI=1S/C20H17F2N3O/c1-2-13-6-3-4-9-17(13)24-18-12-14(10-11-23-18)20(26)25-19-15(21)7-5-8-16(19)22/h3-12H,2H2,1H3,(H,23,24)(H,25,26). The van der Waals surface area contributed by atoms with Crippen molar-refractivity contribution in [3.63, 3.8) is 0 Å². The number of carbonyl (C=O) groups is 1. The number of benzene rings is 2. The number of hydrogen-bond donors (Lipinski definition) is 2. The Morgan fingerprint density at radius 1 is 1.04 bits per heavy atom. The van der Waals surface area contributed by atoms with Gasteiger partial charge in [-0.2, -0.15) is 0 Å². The van der Waals surface area contributed by atoms with Crippen LogP contribution in [-0.2, 0) is 6.42 Å². The van der Waals surface area contributed by atoms with Gasteiger partial charge in [0.25, 0.3) is 5.91 Å². The van der Waals surface area contributed by atoms with Crippen molar-refractivity contribution in [2.75, 3.05) is 10.6 Å². The van der Waals surface area contributed by atoms with Crippen LogP contribution in [0.15, 0.2) is 60.8 Å². The number of rotatable bonds is 5. The number of amides is 1. The zero-order chi connectivity index (χ0) is 18.5. The molecule has 0 spiro atoms. The van der Waals surface area contributed by atoms with E-state index in [-0.39, 0.29) is 5.56 Å². The third kappa shape index (κ3) is 3.85. The summed E-state index contributed by atoms with van der Waals surface area (Å²) in [5, 5.41) is 5.43. The van der Waals surface area contributed by atoms with E-state index in [0.717, 1.165) is 29.8 Å². The van der Waals surface area contributed by atoms with E-state index in [4.69, 9.17) is 0 Å². The summed E-state index contributed by atoms with van der Waals surface area (Å²) >= 11 is 0. The van der Waals surface area contributed by atoms with Gasteiger partial charge < -0.3 is 10.6 Å². The molecule has 1 aromatic heterocycles. The van der Waals surface area contributed by atoms with Gasteiger partial charge >= 0.3 is 0 Å². The lowest BCUT2D eigenvalue weighted by molar-refractivity contribution is 0.102. The molecule has 3 rings (SSSR count). The van der Waals surface area contributed by atoms with Crippen molar-refractivity contribution < 1.29 is 13.6 Å². The molecule has 1 heterocycles. The predicted molar refractivity (Wildman–Crippen MR) is 97.7 cm³/mol. The third-order valence-corrected chi connectivity index (χ3v) is 3.88. The van der Waals surface area contributed by atoms with Crippen LogP contribution >= 0.6 is 0 Å². The molecule has 1 amide bonds. The largest absolute Gasteiger partial charge is 0.340 e. The van der Waals surface area contributed by atoms with Gasteiger partial charge in [-0.3, -0.25) is 4.79 Å². The lowest BCUT2D eigenvalue weighted by Gasteiger charge is -2.11. The number of hydrogen-bond acceptors (Lipinski definition) is 3. The molecule has 26 heavy (non-hydrogen) atoms. The molecular formula is C20H17F2N3O. The van der Waals surface area contributed by atoms with Crippen molar-refractivity contribution >= 4 is 23.1 Å². The van der Waals surface area contributed by atoms with Crippen LogP contribution in [0.1, 0.15) is 22.8 Å². The first-order chi connectivity index (χ1) is 12.6. The van der Waals surface area contributed by atoms with E-state index in [9.17, 15) is 13.6 Å². The highest BCUT2D eigenvalue weighted by atomic mass is 19.1. The molecular weight excluding hydrogens is 336 g/mol. The Bertz CT molecular complexity index is 924. The highest BCUT2D eigenvalue weighted by Crippen LogP contribution is 2.22. The van der Waals surface area contributed by atoms with Gasteiger partial charge in [0.05, 0.1) is 0 Å². The number of carbonyl (C=O) groups excluding carboxylic acids is 1. The van der Waals surface area contributed by atoms with Gasteiger partial charge in [0.2, 0.25) is 0 Å². The fraction of sp³-hybridized carbons (Fsp3) is 0.100. The van der Waals surface area contributed by atoms with Crippen LogP contribution in [0.25, 0.3) is 0 Å². The predicted octanol–water partition coefficient (Wildman–Crippen LogP) is 4.92. The SMILES string of the molecule is CCc1ccccc1Nc1cc(C(=O)Nc2c(F)cccc2F)ccn1. The number of anilines is 3. The van der Waals surface area contributed by atoms with E-state index in [0.29, 0.717) is 5.82 Å². The van der Waals surface area contributed by atoms with Crippen LogP contribution < -0.4 is 10.6 Å². The second kappa shape index (κ2) is 7.74. The van der Waals surface area contributed by atoms with Gasteiger partial charge in [-0.15, -0.1) is 0 Å². The molecule has 6 heteroatoms. The van der Waals surface area contributed by atoms with Crippen LogP contribution in [0.4, 0.5) is 26.0 Å². The third-order valence-electron chi connectivity index (χ3n) is 3.88. The lowest BCUT2D eigenvalue weighted by Crippen LogP contribution is -2.14. The van der Waals surface area contributed by atoms with Crippen molar-refractivity contribution in [1.29, 1.82) is 0 Å². The van der Waals surface area contributed by atoms with Crippen molar-refractivity contribution in [2.45, 2.75) is 13.3 Å².